The molecule has 3 rings (SSSR count). The molecule has 0 aliphatic heterocycles. The summed E-state index contributed by atoms with van der Waals surface area (Å²) in [6, 6.07) is 18.6. The van der Waals surface area contributed by atoms with Crippen LogP contribution in [0.25, 0.3) is 6.08 Å². The molecule has 2 N–H and O–H groups in total. The average molecular weight is 425 g/mol. The number of hydrazine groups is 1. The van der Waals surface area contributed by atoms with E-state index >= 15 is 0 Å². The van der Waals surface area contributed by atoms with Gasteiger partial charge < -0.3 is 5.43 Å². The molecule has 0 atom stereocenters. The van der Waals surface area contributed by atoms with E-state index in [1.807, 2.05) is 42.5 Å². The fourth-order valence-corrected chi connectivity index (χ4v) is 2.89. The van der Waals surface area contributed by atoms with Gasteiger partial charge in [0, 0.05) is 28.7 Å². The highest BCUT2D eigenvalue weighted by Gasteiger charge is 2.04. The van der Waals surface area contributed by atoms with Crippen LogP contribution in [-0.4, -0.2) is 16.0 Å². The SMILES string of the molecule is O=C(/C=C/NNc1ccc(Cc2ccc(Cl)cc2Cl)nn1)/C=C/c1ccccc1. The number of anilines is 1. The number of benzene rings is 2. The van der Waals surface area contributed by atoms with Gasteiger partial charge in [-0.25, -0.2) is 0 Å². The summed E-state index contributed by atoms with van der Waals surface area (Å²) in [6.45, 7) is 0. The monoisotopic (exact) mass is 424 g/mol. The van der Waals surface area contributed by atoms with E-state index in [0.717, 1.165) is 16.8 Å². The Balaban J connectivity index is 1.47. The van der Waals surface area contributed by atoms with Crippen LogP contribution in [0.4, 0.5) is 5.82 Å². The third-order valence-corrected chi connectivity index (χ3v) is 4.46. The van der Waals surface area contributed by atoms with E-state index in [1.165, 1.54) is 18.4 Å². The van der Waals surface area contributed by atoms with Gasteiger partial charge in [0.15, 0.2) is 11.6 Å². The molecule has 0 aliphatic carbocycles. The molecule has 5 nitrogen and oxygen atoms in total. The Morgan fingerprint density at radius 1 is 0.966 bits per heavy atom. The number of allylic oxidation sites excluding steroid dienone is 2. The molecule has 0 aliphatic rings. The fourth-order valence-electron chi connectivity index (χ4n) is 2.42. The minimum atomic E-state index is -0.135. The van der Waals surface area contributed by atoms with Gasteiger partial charge in [0.25, 0.3) is 0 Å². The summed E-state index contributed by atoms with van der Waals surface area (Å²) in [5.74, 6) is 0.386. The molecule has 0 spiro atoms. The Labute approximate surface area is 179 Å². The molecule has 0 bridgehead atoms. The van der Waals surface area contributed by atoms with Crippen molar-refractivity contribution >= 4 is 40.9 Å². The first kappa shape index (κ1) is 20.6. The lowest BCUT2D eigenvalue weighted by Gasteiger charge is -2.06. The van der Waals surface area contributed by atoms with Gasteiger partial charge in [-0.3, -0.25) is 10.2 Å². The molecule has 3 aromatic rings. The quantitative estimate of drug-likeness (QED) is 0.389. The number of nitrogens with one attached hydrogen (secondary N) is 2. The van der Waals surface area contributed by atoms with Crippen LogP contribution in [0.15, 0.2) is 79.0 Å². The number of carbonyl (C=O) groups excluding carboxylic acids is 1. The first-order valence-corrected chi connectivity index (χ1v) is 9.57. The highest BCUT2D eigenvalue weighted by atomic mass is 35.5. The van der Waals surface area contributed by atoms with E-state index in [0.29, 0.717) is 22.3 Å². The highest BCUT2D eigenvalue weighted by Crippen LogP contribution is 2.22. The lowest BCUT2D eigenvalue weighted by molar-refractivity contribution is -0.110. The number of carbonyl (C=O) groups is 1. The molecule has 1 heterocycles. The topological polar surface area (TPSA) is 66.9 Å². The predicted molar refractivity (Wildman–Crippen MR) is 118 cm³/mol. The normalized spacial score (nSPS) is 11.1. The zero-order chi connectivity index (χ0) is 20.5. The summed E-state index contributed by atoms with van der Waals surface area (Å²) in [7, 11) is 0. The minimum absolute atomic E-state index is 0.135. The average Bonchev–Trinajstić information content (AvgIpc) is 2.73. The van der Waals surface area contributed by atoms with Crippen molar-refractivity contribution in [2.45, 2.75) is 6.42 Å². The Morgan fingerprint density at radius 3 is 2.52 bits per heavy atom. The summed E-state index contributed by atoms with van der Waals surface area (Å²) >= 11 is 12.1. The summed E-state index contributed by atoms with van der Waals surface area (Å²) in [5.41, 5.74) is 8.31. The maximum atomic E-state index is 11.8. The van der Waals surface area contributed by atoms with Crippen molar-refractivity contribution in [3.8, 4) is 0 Å². The van der Waals surface area contributed by atoms with Crippen LogP contribution in [0.3, 0.4) is 0 Å². The Morgan fingerprint density at radius 2 is 1.79 bits per heavy atom. The zero-order valence-corrected chi connectivity index (χ0v) is 16.9. The van der Waals surface area contributed by atoms with E-state index in [2.05, 4.69) is 21.0 Å². The number of rotatable bonds is 8. The Bertz CT molecular complexity index is 1020. The van der Waals surface area contributed by atoms with Crippen LogP contribution >= 0.6 is 23.2 Å². The van der Waals surface area contributed by atoms with Crippen molar-refractivity contribution in [3.05, 3.63) is 106 Å². The molecule has 0 radical (unpaired) electrons. The molecule has 146 valence electrons. The minimum Gasteiger partial charge on any atom is -0.307 e. The van der Waals surface area contributed by atoms with Gasteiger partial charge in [-0.05, 0) is 41.5 Å². The zero-order valence-electron chi connectivity index (χ0n) is 15.3. The second-order valence-corrected chi connectivity index (χ2v) is 6.92. The van der Waals surface area contributed by atoms with Crippen molar-refractivity contribution < 1.29 is 4.79 Å². The van der Waals surface area contributed by atoms with E-state index < -0.39 is 0 Å². The number of nitrogens with zero attached hydrogens (tertiary/aromatic N) is 2. The van der Waals surface area contributed by atoms with Crippen molar-refractivity contribution in [2.24, 2.45) is 0 Å². The van der Waals surface area contributed by atoms with Gasteiger partial charge in [-0.1, -0.05) is 65.7 Å². The van der Waals surface area contributed by atoms with Crippen LogP contribution < -0.4 is 10.9 Å². The largest absolute Gasteiger partial charge is 0.307 e. The molecule has 7 heteroatoms. The third kappa shape index (κ3) is 6.75. The Hall–Kier alpha value is -3.15. The van der Waals surface area contributed by atoms with Crippen LogP contribution in [-0.2, 0) is 11.2 Å². The second-order valence-electron chi connectivity index (χ2n) is 6.07. The van der Waals surface area contributed by atoms with E-state index in [1.54, 1.807) is 24.3 Å². The molecule has 29 heavy (non-hydrogen) atoms. The van der Waals surface area contributed by atoms with Crippen molar-refractivity contribution in [1.29, 1.82) is 0 Å². The second kappa shape index (κ2) is 10.4. The molecule has 0 saturated carbocycles. The van der Waals surface area contributed by atoms with Crippen LogP contribution in [0.5, 0.6) is 0 Å². The third-order valence-electron chi connectivity index (χ3n) is 3.88. The molecule has 0 unspecified atom stereocenters. The summed E-state index contributed by atoms with van der Waals surface area (Å²) in [6.07, 6.45) is 6.73. The molecule has 2 aromatic carbocycles. The number of hydrogen-bond donors (Lipinski definition) is 2. The number of halogens is 2. The maximum Gasteiger partial charge on any atom is 0.180 e. The number of ketones is 1. The van der Waals surface area contributed by atoms with Gasteiger partial charge in [0.2, 0.25) is 0 Å². The van der Waals surface area contributed by atoms with Crippen LogP contribution in [0, 0.1) is 0 Å². The van der Waals surface area contributed by atoms with Gasteiger partial charge in [-0.15, -0.1) is 5.10 Å². The standard InChI is InChI=1S/C22H18Cl2N4O/c23-18-8-7-17(21(24)15-18)14-19-9-11-22(28-26-19)27-25-13-12-20(29)10-6-16-4-2-1-3-5-16/h1-13,15,25H,14H2,(H,27,28)/b10-6+,13-12+. The molecule has 0 saturated heterocycles. The molecular formula is C22H18Cl2N4O. The summed E-state index contributed by atoms with van der Waals surface area (Å²) in [4.78, 5) is 11.8. The van der Waals surface area contributed by atoms with Gasteiger partial charge in [0.1, 0.15) is 0 Å². The van der Waals surface area contributed by atoms with Gasteiger partial charge in [-0.2, -0.15) is 5.10 Å². The highest BCUT2D eigenvalue weighted by molar-refractivity contribution is 6.35. The summed E-state index contributed by atoms with van der Waals surface area (Å²) < 4.78 is 0. The van der Waals surface area contributed by atoms with Crippen LogP contribution in [0.2, 0.25) is 10.0 Å². The molecule has 1 aromatic heterocycles. The molecule has 0 amide bonds. The molecular weight excluding hydrogens is 407 g/mol. The first-order chi connectivity index (χ1) is 14.1. The Kier molecular flexibility index (Phi) is 7.39. The van der Waals surface area contributed by atoms with Crippen molar-refractivity contribution in [3.63, 3.8) is 0 Å². The lowest BCUT2D eigenvalue weighted by atomic mass is 10.1. The van der Waals surface area contributed by atoms with Crippen molar-refractivity contribution in [1.82, 2.24) is 15.6 Å². The van der Waals surface area contributed by atoms with Gasteiger partial charge in [0.05, 0.1) is 5.69 Å². The van der Waals surface area contributed by atoms with E-state index in [9.17, 15) is 4.79 Å². The number of hydrogen-bond acceptors (Lipinski definition) is 5. The van der Waals surface area contributed by atoms with Gasteiger partial charge >= 0.3 is 0 Å². The first-order valence-electron chi connectivity index (χ1n) is 8.82. The van der Waals surface area contributed by atoms with E-state index in [-0.39, 0.29) is 5.78 Å². The van der Waals surface area contributed by atoms with Crippen LogP contribution in [0.1, 0.15) is 16.8 Å². The van der Waals surface area contributed by atoms with E-state index in [4.69, 9.17) is 23.2 Å². The summed E-state index contributed by atoms with van der Waals surface area (Å²) in [5, 5.41) is 9.45. The number of aromatic nitrogens is 2. The lowest BCUT2D eigenvalue weighted by Crippen LogP contribution is -2.16. The predicted octanol–water partition coefficient (Wildman–Crippen LogP) is 5.09. The molecule has 0 fully saturated rings. The maximum absolute atomic E-state index is 11.8. The van der Waals surface area contributed by atoms with Crippen molar-refractivity contribution in [2.75, 3.05) is 5.43 Å². The fraction of sp³-hybridized carbons (Fsp3) is 0.0455. The smallest absolute Gasteiger partial charge is 0.180 e.